The van der Waals surface area contributed by atoms with Gasteiger partial charge in [0.25, 0.3) is 0 Å². The number of para-hydroxylation sites is 1. The van der Waals surface area contributed by atoms with E-state index in [-0.39, 0.29) is 16.4 Å². The number of benzene rings is 2. The Labute approximate surface area is 170 Å². The van der Waals surface area contributed by atoms with E-state index in [4.69, 9.17) is 9.72 Å². The predicted octanol–water partition coefficient (Wildman–Crippen LogP) is 4.37. The van der Waals surface area contributed by atoms with Gasteiger partial charge in [0.05, 0.1) is 5.69 Å². The molecular formula is C23H18N3O2S+. The fraction of sp³-hybridized carbons (Fsp3) is 0.174. The Morgan fingerprint density at radius 1 is 1.14 bits per heavy atom. The van der Waals surface area contributed by atoms with Crippen LogP contribution < -0.4 is 10.1 Å². The van der Waals surface area contributed by atoms with Crippen LogP contribution in [0.15, 0.2) is 60.8 Å². The average molecular weight is 400 g/mol. The second-order valence-electron chi connectivity index (χ2n) is 7.50. The number of nitrogens with one attached hydrogen (secondary N) is 1. The van der Waals surface area contributed by atoms with Gasteiger partial charge in [0.2, 0.25) is 15.6 Å². The molecule has 2 aromatic carbocycles. The minimum Gasteiger partial charge on any atom is -0.491 e. The lowest BCUT2D eigenvalue weighted by atomic mass is 9.77. The van der Waals surface area contributed by atoms with Crippen molar-refractivity contribution in [3.8, 4) is 5.75 Å². The number of hydrogen-bond acceptors (Lipinski definition) is 4. The number of amides is 1. The number of aryl methyl sites for hydroxylation is 1. The molecule has 0 radical (unpaired) electrons. The fourth-order valence-electron chi connectivity index (χ4n) is 4.47. The number of carbonyl (C=O) groups is 1. The third-order valence-corrected chi connectivity index (χ3v) is 8.15. The van der Waals surface area contributed by atoms with Gasteiger partial charge in [-0.2, -0.15) is 4.98 Å². The van der Waals surface area contributed by atoms with Crippen LogP contribution in [0.2, 0.25) is 0 Å². The Hall–Kier alpha value is -3.25. The van der Waals surface area contributed by atoms with E-state index in [0.717, 1.165) is 44.5 Å². The first-order valence-electron chi connectivity index (χ1n) is 9.55. The smallest absolute Gasteiger partial charge is 0.243 e. The van der Waals surface area contributed by atoms with E-state index in [1.165, 1.54) is 4.70 Å². The van der Waals surface area contributed by atoms with Crippen LogP contribution in [-0.2, 0) is 16.0 Å². The van der Waals surface area contributed by atoms with Gasteiger partial charge in [-0.15, -0.1) is 0 Å². The molecule has 1 amide bonds. The lowest BCUT2D eigenvalue weighted by molar-refractivity contribution is -0.119. The van der Waals surface area contributed by atoms with E-state index in [1.807, 2.05) is 48.7 Å². The average Bonchev–Trinajstić information content (AvgIpc) is 3.35. The van der Waals surface area contributed by atoms with Crippen molar-refractivity contribution in [1.29, 1.82) is 0 Å². The van der Waals surface area contributed by atoms with Gasteiger partial charge in [0, 0.05) is 47.0 Å². The quantitative estimate of drug-likeness (QED) is 0.508. The molecule has 142 valence electrons. The molecule has 5 nitrogen and oxygen atoms in total. The van der Waals surface area contributed by atoms with Crippen LogP contribution in [0.25, 0.3) is 10.2 Å². The number of thiazole rings is 1. The molecule has 0 saturated heterocycles. The van der Waals surface area contributed by atoms with Gasteiger partial charge >= 0.3 is 0 Å². The van der Waals surface area contributed by atoms with Crippen molar-refractivity contribution in [1.82, 2.24) is 9.97 Å². The summed E-state index contributed by atoms with van der Waals surface area (Å²) in [5.74, 6) is 1.56. The summed E-state index contributed by atoms with van der Waals surface area (Å²) in [4.78, 5) is 22.4. The molecule has 2 unspecified atom stereocenters. The number of ether oxygens (including phenoxy) is 1. The molecule has 4 aromatic rings. The SMILES string of the molecule is Cc1nc2cc3c(cc2[s+]1Cc1ccccn1)C1(CO3)C(=O)Nc2ccccc21. The molecule has 0 saturated carbocycles. The van der Waals surface area contributed by atoms with Crippen molar-refractivity contribution >= 4 is 32.3 Å². The summed E-state index contributed by atoms with van der Waals surface area (Å²) in [5.41, 5.74) is 4.02. The number of carbonyl (C=O) groups excluding carboxylic acids is 1. The minimum atomic E-state index is -0.780. The highest BCUT2D eigenvalue weighted by Crippen LogP contribution is 2.52. The van der Waals surface area contributed by atoms with Crippen molar-refractivity contribution in [2.24, 2.45) is 0 Å². The van der Waals surface area contributed by atoms with Gasteiger partial charge in [-0.05, 0) is 23.8 Å². The number of fused-ring (bicyclic) bond motifs is 5. The highest BCUT2D eigenvalue weighted by atomic mass is 32.2. The van der Waals surface area contributed by atoms with Gasteiger partial charge in [-0.1, -0.05) is 24.3 Å². The molecule has 2 aliphatic rings. The van der Waals surface area contributed by atoms with Gasteiger partial charge < -0.3 is 10.1 Å². The van der Waals surface area contributed by atoms with Crippen LogP contribution in [0, 0.1) is 6.92 Å². The Bertz CT molecular complexity index is 1300. The standard InChI is InChI=1S/C23H17N3O2S/c1-14-25-19-11-20-17(10-21(19)29(14)12-15-6-4-5-9-24-15)23(13-28-20)16-7-2-3-8-18(16)26-22(23)27/h2-11H,12-13H2,1H3/p+1. The summed E-state index contributed by atoms with van der Waals surface area (Å²) in [7, 11) is -0.176. The summed E-state index contributed by atoms with van der Waals surface area (Å²) in [6, 6.07) is 18.1. The molecule has 0 bridgehead atoms. The molecule has 0 aliphatic carbocycles. The lowest BCUT2D eigenvalue weighted by Crippen LogP contribution is -2.37. The van der Waals surface area contributed by atoms with Crippen molar-refractivity contribution in [2.75, 3.05) is 11.9 Å². The van der Waals surface area contributed by atoms with E-state index in [2.05, 4.69) is 29.4 Å². The van der Waals surface area contributed by atoms with E-state index in [9.17, 15) is 4.79 Å². The zero-order chi connectivity index (χ0) is 19.6. The van der Waals surface area contributed by atoms with Crippen LogP contribution in [0.1, 0.15) is 21.8 Å². The number of rotatable bonds is 2. The zero-order valence-corrected chi connectivity index (χ0v) is 16.6. The molecule has 2 atom stereocenters. The number of hydrogen-bond donors (Lipinski definition) is 1. The number of aromatic nitrogens is 2. The van der Waals surface area contributed by atoms with E-state index in [1.54, 1.807) is 0 Å². The molecule has 29 heavy (non-hydrogen) atoms. The first kappa shape index (κ1) is 16.7. The normalized spacial score (nSPS) is 19.9. The molecule has 0 fully saturated rings. The largest absolute Gasteiger partial charge is 0.491 e. The van der Waals surface area contributed by atoms with Gasteiger partial charge in [0.1, 0.15) is 23.3 Å². The Morgan fingerprint density at radius 3 is 2.86 bits per heavy atom. The Morgan fingerprint density at radius 2 is 2.00 bits per heavy atom. The molecule has 6 heteroatoms. The highest BCUT2D eigenvalue weighted by Gasteiger charge is 2.54. The molecule has 1 N–H and O–H groups in total. The monoisotopic (exact) mass is 400 g/mol. The van der Waals surface area contributed by atoms with Gasteiger partial charge in [-0.3, -0.25) is 9.78 Å². The van der Waals surface area contributed by atoms with E-state index in [0.29, 0.717) is 6.61 Å². The van der Waals surface area contributed by atoms with Crippen LogP contribution >= 0.6 is 10.5 Å². The van der Waals surface area contributed by atoms with Crippen LogP contribution in [0.4, 0.5) is 5.69 Å². The van der Waals surface area contributed by atoms with Crippen molar-refractivity contribution in [3.05, 3.63) is 82.6 Å². The van der Waals surface area contributed by atoms with Crippen LogP contribution in [0.3, 0.4) is 0 Å². The van der Waals surface area contributed by atoms with Gasteiger partial charge in [0.15, 0.2) is 5.75 Å². The fourth-order valence-corrected chi connectivity index (χ4v) is 6.45. The molecule has 6 rings (SSSR count). The maximum Gasteiger partial charge on any atom is 0.243 e. The molecule has 1 spiro atoms. The van der Waals surface area contributed by atoms with Crippen LogP contribution in [-0.4, -0.2) is 22.5 Å². The van der Waals surface area contributed by atoms with Gasteiger partial charge in [-0.25, -0.2) is 0 Å². The first-order chi connectivity index (χ1) is 14.2. The van der Waals surface area contributed by atoms with Crippen molar-refractivity contribution in [3.63, 3.8) is 0 Å². The molecule has 4 heterocycles. The maximum atomic E-state index is 13.1. The third-order valence-electron chi connectivity index (χ3n) is 5.91. The lowest BCUT2D eigenvalue weighted by Gasteiger charge is -2.19. The maximum absolute atomic E-state index is 13.1. The summed E-state index contributed by atoms with van der Waals surface area (Å²) in [5, 5.41) is 4.14. The predicted molar refractivity (Wildman–Crippen MR) is 114 cm³/mol. The summed E-state index contributed by atoms with van der Waals surface area (Å²) in [6.07, 6.45) is 1.83. The highest BCUT2D eigenvalue weighted by molar-refractivity contribution is 7.36. The second-order valence-corrected chi connectivity index (χ2v) is 9.60. The van der Waals surface area contributed by atoms with E-state index < -0.39 is 5.41 Å². The molecule has 2 aromatic heterocycles. The van der Waals surface area contributed by atoms with Crippen molar-refractivity contribution < 1.29 is 9.53 Å². The van der Waals surface area contributed by atoms with E-state index >= 15 is 0 Å². The number of anilines is 1. The summed E-state index contributed by atoms with van der Waals surface area (Å²) < 4.78 is 7.21. The Kier molecular flexibility index (Phi) is 3.38. The minimum absolute atomic E-state index is 0.0161. The second kappa shape index (κ2) is 5.87. The Balaban J connectivity index is 1.56. The molecular weight excluding hydrogens is 382 g/mol. The number of pyridine rings is 1. The van der Waals surface area contributed by atoms with Crippen molar-refractivity contribution in [2.45, 2.75) is 18.1 Å². The summed E-state index contributed by atoms with van der Waals surface area (Å²) in [6.45, 7) is 2.40. The number of nitrogens with zero attached hydrogens (tertiary/aromatic N) is 2. The summed E-state index contributed by atoms with van der Waals surface area (Å²) >= 11 is 0. The zero-order valence-electron chi connectivity index (χ0n) is 15.8. The van der Waals surface area contributed by atoms with Crippen LogP contribution in [0.5, 0.6) is 5.75 Å². The first-order valence-corrected chi connectivity index (χ1v) is 10.9. The molecule has 2 aliphatic heterocycles. The third kappa shape index (κ3) is 2.23. The topological polar surface area (TPSA) is 64.1 Å².